The minimum Gasteiger partial charge on any atom is -0.334 e. The van der Waals surface area contributed by atoms with Gasteiger partial charge in [-0.05, 0) is 44.4 Å². The second-order valence-corrected chi connectivity index (χ2v) is 7.84. The molecular formula is C17H24N2OS. The molecule has 2 saturated carbocycles. The summed E-state index contributed by atoms with van der Waals surface area (Å²) in [6, 6.07) is 0.486. The first-order valence-corrected chi connectivity index (χ1v) is 9.47. The van der Waals surface area contributed by atoms with Crippen molar-refractivity contribution in [3.8, 4) is 0 Å². The lowest BCUT2D eigenvalue weighted by Gasteiger charge is -2.38. The van der Waals surface area contributed by atoms with Gasteiger partial charge in [0.05, 0.1) is 5.01 Å². The van der Waals surface area contributed by atoms with E-state index >= 15 is 0 Å². The third-order valence-electron chi connectivity index (χ3n) is 5.42. The van der Waals surface area contributed by atoms with Crippen LogP contribution in [-0.2, 0) is 0 Å². The van der Waals surface area contributed by atoms with Gasteiger partial charge in [-0.3, -0.25) is 4.79 Å². The number of rotatable bonds is 2. The molecule has 0 bridgehead atoms. The Kier molecular flexibility index (Phi) is 3.74. The quantitative estimate of drug-likeness (QED) is 0.820. The van der Waals surface area contributed by atoms with E-state index in [1.54, 1.807) is 11.3 Å². The number of fused-ring (bicyclic) bond motifs is 1. The summed E-state index contributed by atoms with van der Waals surface area (Å²) < 4.78 is 0. The summed E-state index contributed by atoms with van der Waals surface area (Å²) >= 11 is 1.69. The van der Waals surface area contributed by atoms with Crippen molar-refractivity contribution in [1.82, 2.24) is 9.88 Å². The van der Waals surface area contributed by atoms with Gasteiger partial charge in [-0.1, -0.05) is 19.3 Å². The lowest BCUT2D eigenvalue weighted by Crippen LogP contribution is -2.45. The van der Waals surface area contributed by atoms with Gasteiger partial charge in [-0.15, -0.1) is 11.3 Å². The smallest absolute Gasteiger partial charge is 0.273 e. The molecule has 4 heteroatoms. The maximum absolute atomic E-state index is 12.9. The van der Waals surface area contributed by atoms with Crippen molar-refractivity contribution in [2.24, 2.45) is 5.92 Å². The summed E-state index contributed by atoms with van der Waals surface area (Å²) in [6.07, 6.45) is 11.5. The van der Waals surface area contributed by atoms with Crippen LogP contribution in [-0.4, -0.2) is 28.4 Å². The number of hydrogen-bond donors (Lipinski definition) is 0. The molecule has 0 unspecified atom stereocenters. The maximum atomic E-state index is 12.9. The van der Waals surface area contributed by atoms with E-state index in [0.29, 0.717) is 17.7 Å². The standard InChI is InChI=1S/C17H24N2OS/c20-17(14-11-21-16(18-14)13-8-9-13)19-10-4-3-6-12-5-1-2-7-15(12)19/h11-13,15H,1-10H2/t12-,15+/m1/s1. The van der Waals surface area contributed by atoms with Crippen LogP contribution in [0.15, 0.2) is 5.38 Å². The Labute approximate surface area is 130 Å². The Morgan fingerprint density at radius 2 is 1.86 bits per heavy atom. The van der Waals surface area contributed by atoms with Crippen LogP contribution in [0.1, 0.15) is 79.2 Å². The molecule has 2 atom stereocenters. The second-order valence-electron chi connectivity index (χ2n) is 6.95. The summed E-state index contributed by atoms with van der Waals surface area (Å²) in [5.41, 5.74) is 0.716. The highest BCUT2D eigenvalue weighted by molar-refractivity contribution is 7.10. The van der Waals surface area contributed by atoms with Crippen LogP contribution in [0.4, 0.5) is 0 Å². The average molecular weight is 304 g/mol. The number of aromatic nitrogens is 1. The third kappa shape index (κ3) is 2.75. The highest BCUT2D eigenvalue weighted by Gasteiger charge is 2.36. The normalized spacial score (nSPS) is 29.8. The van der Waals surface area contributed by atoms with Crippen LogP contribution in [0.25, 0.3) is 0 Å². The van der Waals surface area contributed by atoms with Gasteiger partial charge in [0.25, 0.3) is 5.91 Å². The zero-order chi connectivity index (χ0) is 14.2. The van der Waals surface area contributed by atoms with Crippen LogP contribution in [0, 0.1) is 5.92 Å². The van der Waals surface area contributed by atoms with Gasteiger partial charge < -0.3 is 4.90 Å². The number of carbonyl (C=O) groups excluding carboxylic acids is 1. The molecule has 1 saturated heterocycles. The number of thiazole rings is 1. The average Bonchev–Trinajstić information content (AvgIpc) is 3.28. The molecule has 0 N–H and O–H groups in total. The van der Waals surface area contributed by atoms with Gasteiger partial charge >= 0.3 is 0 Å². The first kappa shape index (κ1) is 13.7. The van der Waals surface area contributed by atoms with Gasteiger partial charge in [0.1, 0.15) is 5.69 Å². The lowest BCUT2D eigenvalue weighted by molar-refractivity contribution is 0.0564. The molecule has 1 amide bonds. The fourth-order valence-corrected chi connectivity index (χ4v) is 5.06. The molecule has 1 aromatic heterocycles. The fraction of sp³-hybridized carbons (Fsp3) is 0.765. The van der Waals surface area contributed by atoms with Crippen LogP contribution in [0.5, 0.6) is 0 Å². The number of likely N-dealkylation sites (tertiary alicyclic amines) is 1. The van der Waals surface area contributed by atoms with E-state index in [9.17, 15) is 4.79 Å². The largest absolute Gasteiger partial charge is 0.334 e. The molecule has 3 nitrogen and oxygen atoms in total. The monoisotopic (exact) mass is 304 g/mol. The highest BCUT2D eigenvalue weighted by Crippen LogP contribution is 2.42. The molecule has 114 valence electrons. The highest BCUT2D eigenvalue weighted by atomic mass is 32.1. The minimum atomic E-state index is 0.206. The van der Waals surface area contributed by atoms with Gasteiger partial charge in [0, 0.05) is 23.9 Å². The Balaban J connectivity index is 1.55. The molecule has 21 heavy (non-hydrogen) atoms. The van der Waals surface area contributed by atoms with E-state index in [4.69, 9.17) is 0 Å². The van der Waals surface area contributed by atoms with Crippen molar-refractivity contribution in [1.29, 1.82) is 0 Å². The molecule has 2 aliphatic carbocycles. The maximum Gasteiger partial charge on any atom is 0.273 e. The first-order chi connectivity index (χ1) is 10.3. The van der Waals surface area contributed by atoms with E-state index in [1.165, 1.54) is 62.8 Å². The van der Waals surface area contributed by atoms with Gasteiger partial charge in [-0.25, -0.2) is 4.98 Å². The number of carbonyl (C=O) groups is 1. The number of amides is 1. The summed E-state index contributed by atoms with van der Waals surface area (Å²) in [5, 5.41) is 3.19. The summed E-state index contributed by atoms with van der Waals surface area (Å²) in [7, 11) is 0. The van der Waals surface area contributed by atoms with E-state index in [-0.39, 0.29) is 5.91 Å². The zero-order valence-electron chi connectivity index (χ0n) is 12.6. The Morgan fingerprint density at radius 1 is 1.10 bits per heavy atom. The summed E-state index contributed by atoms with van der Waals surface area (Å²) in [4.78, 5) is 19.8. The molecular weight excluding hydrogens is 280 g/mol. The Bertz CT molecular complexity index is 523. The molecule has 1 aromatic rings. The molecule has 4 rings (SSSR count). The lowest BCUT2D eigenvalue weighted by atomic mass is 9.81. The van der Waals surface area contributed by atoms with Crippen LogP contribution >= 0.6 is 11.3 Å². The van der Waals surface area contributed by atoms with Crippen molar-refractivity contribution >= 4 is 17.2 Å². The van der Waals surface area contributed by atoms with Crippen molar-refractivity contribution in [3.63, 3.8) is 0 Å². The molecule has 1 aliphatic heterocycles. The zero-order valence-corrected chi connectivity index (χ0v) is 13.4. The van der Waals surface area contributed by atoms with Crippen LogP contribution in [0.3, 0.4) is 0 Å². The van der Waals surface area contributed by atoms with E-state index in [1.807, 2.05) is 5.38 Å². The summed E-state index contributed by atoms with van der Waals surface area (Å²) in [5.74, 6) is 1.60. The minimum absolute atomic E-state index is 0.206. The molecule has 0 spiro atoms. The Morgan fingerprint density at radius 3 is 2.67 bits per heavy atom. The summed E-state index contributed by atoms with van der Waals surface area (Å²) in [6.45, 7) is 0.941. The van der Waals surface area contributed by atoms with Gasteiger partial charge in [-0.2, -0.15) is 0 Å². The number of nitrogens with zero attached hydrogens (tertiary/aromatic N) is 2. The molecule has 3 fully saturated rings. The molecule has 0 radical (unpaired) electrons. The van der Waals surface area contributed by atoms with Crippen molar-refractivity contribution < 1.29 is 4.79 Å². The molecule has 2 heterocycles. The third-order valence-corrected chi connectivity index (χ3v) is 6.43. The fourth-order valence-electron chi connectivity index (χ4n) is 4.09. The number of hydrogen-bond acceptors (Lipinski definition) is 3. The first-order valence-electron chi connectivity index (χ1n) is 8.59. The van der Waals surface area contributed by atoms with E-state index in [0.717, 1.165) is 12.5 Å². The predicted molar refractivity (Wildman–Crippen MR) is 84.7 cm³/mol. The van der Waals surface area contributed by atoms with E-state index < -0.39 is 0 Å². The SMILES string of the molecule is O=C(c1csc(C2CC2)n1)N1CCCC[C@H]2CCCC[C@@H]21. The second kappa shape index (κ2) is 5.71. The van der Waals surface area contributed by atoms with Crippen molar-refractivity contribution in [3.05, 3.63) is 16.1 Å². The van der Waals surface area contributed by atoms with Crippen LogP contribution in [0.2, 0.25) is 0 Å². The van der Waals surface area contributed by atoms with Crippen molar-refractivity contribution in [2.75, 3.05) is 6.54 Å². The van der Waals surface area contributed by atoms with Crippen LogP contribution < -0.4 is 0 Å². The van der Waals surface area contributed by atoms with Gasteiger partial charge in [0.2, 0.25) is 0 Å². The Hall–Kier alpha value is -0.900. The predicted octanol–water partition coefficient (Wildman–Crippen LogP) is 4.21. The van der Waals surface area contributed by atoms with E-state index in [2.05, 4.69) is 9.88 Å². The van der Waals surface area contributed by atoms with Gasteiger partial charge in [0.15, 0.2) is 0 Å². The topological polar surface area (TPSA) is 33.2 Å². The molecule has 0 aromatic carbocycles. The molecule has 3 aliphatic rings. The van der Waals surface area contributed by atoms with Crippen molar-refractivity contribution in [2.45, 2.75) is 69.7 Å².